The lowest BCUT2D eigenvalue weighted by Crippen LogP contribution is -2.61. The van der Waals surface area contributed by atoms with Gasteiger partial charge < -0.3 is 97.6 Å². The molecule has 0 bridgehead atoms. The summed E-state index contributed by atoms with van der Waals surface area (Å²) in [5.74, 6) is -8.46. The fourth-order valence-electron chi connectivity index (χ4n) is 6.88. The molecule has 0 aromatic carbocycles. The fourth-order valence-corrected chi connectivity index (χ4v) is 6.88. The zero-order chi connectivity index (χ0) is 52.2. The predicted octanol–water partition coefficient (Wildman–Crippen LogP) is -7.69. The second kappa shape index (κ2) is 32.7. The summed E-state index contributed by atoms with van der Waals surface area (Å²) >= 11 is 0. The average Bonchev–Trinajstić information content (AvgIpc) is 3.80. The number of nitrogens with one attached hydrogen (secondary N) is 7. The normalized spacial score (nSPS) is 17.0. The molecular weight excluding hydrogens is 909 g/mol. The van der Waals surface area contributed by atoms with E-state index < -0.39 is 127 Å². The van der Waals surface area contributed by atoms with Gasteiger partial charge in [0.05, 0.1) is 24.8 Å². The Labute approximate surface area is 400 Å². The van der Waals surface area contributed by atoms with Crippen LogP contribution >= 0.6 is 0 Å². The molecule has 28 nitrogen and oxygen atoms in total. The number of aliphatic carboxylic acids is 1. The molecule has 0 saturated carbocycles. The Morgan fingerprint density at radius 2 is 1.33 bits per heavy atom. The van der Waals surface area contributed by atoms with Gasteiger partial charge >= 0.3 is 5.97 Å². The molecule has 1 heterocycles. The molecule has 9 atom stereocenters. The number of unbranched alkanes of at least 4 members (excludes halogenated alkanes) is 2. The second-order valence-electron chi connectivity index (χ2n) is 16.4. The first-order valence-corrected chi connectivity index (χ1v) is 22.9. The summed E-state index contributed by atoms with van der Waals surface area (Å²) in [6, 6.07) is -9.25. The largest absolute Gasteiger partial charge is 0.477 e. The van der Waals surface area contributed by atoms with Crippen LogP contribution in [0.3, 0.4) is 0 Å². The van der Waals surface area contributed by atoms with Gasteiger partial charge in [-0.15, -0.1) is 0 Å². The van der Waals surface area contributed by atoms with Crippen LogP contribution in [0.1, 0.15) is 84.5 Å². The van der Waals surface area contributed by atoms with Gasteiger partial charge in [-0.05, 0) is 97.7 Å². The molecule has 69 heavy (non-hydrogen) atoms. The Balaban J connectivity index is 3.08. The Morgan fingerprint density at radius 1 is 0.725 bits per heavy atom. The van der Waals surface area contributed by atoms with E-state index in [2.05, 4.69) is 42.2 Å². The van der Waals surface area contributed by atoms with E-state index in [0.29, 0.717) is 38.6 Å². The third-order valence-electron chi connectivity index (χ3n) is 10.8. The van der Waals surface area contributed by atoms with Crippen LogP contribution in [-0.2, 0) is 43.2 Å². The Bertz CT molecular complexity index is 1780. The highest BCUT2D eigenvalue weighted by atomic mass is 16.4. The summed E-state index contributed by atoms with van der Waals surface area (Å²) in [4.78, 5) is 123. The number of guanidine groups is 1. The van der Waals surface area contributed by atoms with Crippen LogP contribution in [0.15, 0.2) is 16.8 Å². The number of carboxylic acids is 1. The number of hydrogen-bond donors (Lipinski definition) is 17. The SMILES string of the molecule is C[C@H](NC(=O)[C@@H](NC(=O)[C@@H](N)CCCCN)[C@@H](O)CN)C(=O)NCC(=O)N[C@H](CCCN)C(=O)N1CCC[C@H]1C(=O)NC(C(=O)N[C@@H](CCCCN)C(=O)N/C(=C\CCN=C(N)N)C(=O)O)[C@@H](C)O. The van der Waals surface area contributed by atoms with Crippen molar-refractivity contribution in [3.8, 4) is 0 Å². The average molecular weight is 985 g/mol. The van der Waals surface area contributed by atoms with Gasteiger partial charge in [-0.25, -0.2) is 4.79 Å². The maximum atomic E-state index is 14.0. The van der Waals surface area contributed by atoms with Gasteiger partial charge in [0.1, 0.15) is 41.9 Å². The lowest BCUT2D eigenvalue weighted by molar-refractivity contribution is -0.143. The topological polar surface area (TPSA) is 496 Å². The van der Waals surface area contributed by atoms with Crippen molar-refractivity contribution in [2.75, 3.05) is 45.8 Å². The predicted molar refractivity (Wildman–Crippen MR) is 251 cm³/mol. The van der Waals surface area contributed by atoms with Crippen LogP contribution in [-0.4, -0.2) is 180 Å². The first-order valence-electron chi connectivity index (χ1n) is 22.9. The van der Waals surface area contributed by atoms with E-state index in [-0.39, 0.29) is 70.7 Å². The molecule has 0 radical (unpaired) electrons. The number of aliphatic hydroxyl groups excluding tert-OH is 2. The number of hydrogen-bond acceptors (Lipinski definition) is 17. The molecule has 1 fully saturated rings. The van der Waals surface area contributed by atoms with Gasteiger partial charge in [0.2, 0.25) is 47.3 Å². The van der Waals surface area contributed by atoms with Crippen LogP contribution in [0.2, 0.25) is 0 Å². The highest BCUT2D eigenvalue weighted by Crippen LogP contribution is 2.20. The van der Waals surface area contributed by atoms with E-state index in [1.807, 2.05) is 0 Å². The molecular formula is C41H76N16O12. The second-order valence-corrected chi connectivity index (χ2v) is 16.4. The van der Waals surface area contributed by atoms with E-state index in [4.69, 9.17) is 40.1 Å². The quantitative estimate of drug-likeness (QED) is 0.0126. The van der Waals surface area contributed by atoms with Gasteiger partial charge in [0, 0.05) is 19.6 Å². The lowest BCUT2D eigenvalue weighted by atomic mass is 10.1. The van der Waals surface area contributed by atoms with Crippen molar-refractivity contribution in [1.29, 1.82) is 0 Å². The molecule has 1 unspecified atom stereocenters. The molecule has 8 amide bonds. The number of nitrogens with zero attached hydrogens (tertiary/aromatic N) is 2. The third-order valence-corrected chi connectivity index (χ3v) is 10.8. The summed E-state index contributed by atoms with van der Waals surface area (Å²) in [6.07, 6.45) is 1.14. The molecule has 0 aromatic rings. The van der Waals surface area contributed by atoms with Crippen molar-refractivity contribution in [3.05, 3.63) is 11.8 Å². The summed E-state index contributed by atoms with van der Waals surface area (Å²) < 4.78 is 0. The molecule has 24 N–H and O–H groups in total. The molecule has 0 aliphatic carbocycles. The van der Waals surface area contributed by atoms with E-state index in [9.17, 15) is 58.5 Å². The number of likely N-dealkylation sites (tertiary alicyclic amines) is 1. The number of amides is 8. The fraction of sp³-hybridized carbons (Fsp3) is 0.707. The third kappa shape index (κ3) is 22.3. The summed E-state index contributed by atoms with van der Waals surface area (Å²) in [5, 5.41) is 47.5. The van der Waals surface area contributed by atoms with Gasteiger partial charge in [-0.2, -0.15) is 0 Å². The Morgan fingerprint density at radius 3 is 1.91 bits per heavy atom. The van der Waals surface area contributed by atoms with Gasteiger partial charge in [0.25, 0.3) is 0 Å². The monoisotopic (exact) mass is 985 g/mol. The summed E-state index contributed by atoms with van der Waals surface area (Å²) in [6.45, 7) is 2.29. The Hall–Kier alpha value is -6.04. The number of nitrogens with two attached hydrogens (primary N) is 7. The first kappa shape index (κ1) is 61.0. The standard InChI is InChI=1S/C41H76N16O12/c1-22(51-38(66)32(29(59)20-45)56-34(62)24(46)10-3-5-15-42)33(61)50-21-30(60)52-26(12-7-17-44)39(67)57-19-9-14-28(57)36(64)55-31(23(2)58)37(65)53-25(11-4-6-16-43)35(63)54-27(40(68)69)13-8-18-49-41(47)48/h13,22-26,28-29,31-32,58-59H,3-12,14-21,42-46H2,1-2H3,(H,50,61)(H,51,66)(H,52,60)(H,53,65)(H,54,63)(H,55,64)(H,56,62)(H,68,69)(H4,47,48,49)/b27-13-/t22-,23+,24-,25-,26+,28-,29-,31?,32-/m0/s1. The number of carboxylic acid groups (broad SMARTS) is 1. The van der Waals surface area contributed by atoms with Crippen molar-refractivity contribution in [3.63, 3.8) is 0 Å². The molecule has 1 saturated heterocycles. The maximum Gasteiger partial charge on any atom is 0.352 e. The molecule has 0 spiro atoms. The zero-order valence-electron chi connectivity index (χ0n) is 39.5. The summed E-state index contributed by atoms with van der Waals surface area (Å²) in [5.41, 5.74) is 38.3. The number of carbonyl (C=O) groups is 9. The van der Waals surface area contributed by atoms with Crippen LogP contribution in [0.5, 0.6) is 0 Å². The van der Waals surface area contributed by atoms with E-state index >= 15 is 0 Å². The first-order chi connectivity index (χ1) is 32.6. The minimum absolute atomic E-state index is 0.00448. The molecule has 1 rings (SSSR count). The van der Waals surface area contributed by atoms with E-state index in [1.165, 1.54) is 24.8 Å². The van der Waals surface area contributed by atoms with E-state index in [1.54, 1.807) is 0 Å². The number of carbonyl (C=O) groups excluding carboxylic acids is 8. The highest BCUT2D eigenvalue weighted by molar-refractivity contribution is 5.99. The zero-order valence-corrected chi connectivity index (χ0v) is 39.5. The minimum atomic E-state index is -1.65. The molecule has 0 aromatic heterocycles. The van der Waals surface area contributed by atoms with Crippen LogP contribution in [0.4, 0.5) is 0 Å². The molecule has 28 heteroatoms. The summed E-state index contributed by atoms with van der Waals surface area (Å²) in [7, 11) is 0. The van der Waals surface area contributed by atoms with Gasteiger partial charge in [-0.3, -0.25) is 43.3 Å². The van der Waals surface area contributed by atoms with Crippen molar-refractivity contribution >= 4 is 59.2 Å². The molecule has 1 aliphatic rings. The molecule has 1 aliphatic heterocycles. The lowest BCUT2D eigenvalue weighted by Gasteiger charge is -2.31. The van der Waals surface area contributed by atoms with Crippen molar-refractivity contribution < 1.29 is 58.5 Å². The molecule has 392 valence electrons. The van der Waals surface area contributed by atoms with Crippen molar-refractivity contribution in [2.24, 2.45) is 45.1 Å². The van der Waals surface area contributed by atoms with Crippen molar-refractivity contribution in [2.45, 2.75) is 139 Å². The number of aliphatic imine (C=N–C) groups is 1. The van der Waals surface area contributed by atoms with Crippen molar-refractivity contribution in [1.82, 2.24) is 42.1 Å². The van der Waals surface area contributed by atoms with Crippen LogP contribution < -0.4 is 77.4 Å². The number of aliphatic hydroxyl groups is 2. The van der Waals surface area contributed by atoms with Crippen LogP contribution in [0.25, 0.3) is 0 Å². The van der Waals surface area contributed by atoms with Gasteiger partial charge in [-0.1, -0.05) is 12.5 Å². The highest BCUT2D eigenvalue weighted by Gasteiger charge is 2.40. The van der Waals surface area contributed by atoms with Crippen LogP contribution in [0, 0.1) is 0 Å². The van der Waals surface area contributed by atoms with E-state index in [0.717, 1.165) is 0 Å². The number of rotatable bonds is 33. The smallest absolute Gasteiger partial charge is 0.352 e. The minimum Gasteiger partial charge on any atom is -0.477 e. The Kier molecular flexibility index (Phi) is 28.9. The maximum absolute atomic E-state index is 14.0. The van der Waals surface area contributed by atoms with Gasteiger partial charge in [0.15, 0.2) is 5.96 Å².